The number of benzene rings is 2. The van der Waals surface area contributed by atoms with Crippen LogP contribution < -0.4 is 31.1 Å². The second kappa shape index (κ2) is 9.70. The van der Waals surface area contributed by atoms with Crippen molar-refractivity contribution in [3.8, 4) is 5.75 Å². The van der Waals surface area contributed by atoms with Crippen molar-refractivity contribution in [1.29, 1.82) is 0 Å². The van der Waals surface area contributed by atoms with Crippen LogP contribution in [0, 0.1) is 5.82 Å². The molecule has 10 heteroatoms. The number of amides is 1. The number of nitrogens with zero attached hydrogens (tertiary/aromatic N) is 3. The predicted octanol–water partition coefficient (Wildman–Crippen LogP) is 3.46. The fourth-order valence-electron chi connectivity index (χ4n) is 3.37. The fraction of sp³-hybridized carbons (Fsp3) is 0.261. The lowest BCUT2D eigenvalue weighted by molar-refractivity contribution is -0.119. The molecule has 0 saturated carbocycles. The number of carbonyl (C=O) groups excluding carboxylic acids is 1. The summed E-state index contributed by atoms with van der Waals surface area (Å²) in [5.41, 5.74) is 6.56. The van der Waals surface area contributed by atoms with Gasteiger partial charge in [0.15, 0.2) is 11.6 Å². The Morgan fingerprint density at radius 3 is 2.67 bits per heavy atom. The molecule has 0 fully saturated rings. The van der Waals surface area contributed by atoms with E-state index in [1.54, 1.807) is 24.2 Å². The third-order valence-corrected chi connectivity index (χ3v) is 4.90. The molecule has 4 N–H and O–H groups in total. The summed E-state index contributed by atoms with van der Waals surface area (Å²) in [5, 5.41) is 10.5. The second-order valence-corrected chi connectivity index (χ2v) is 7.77. The van der Waals surface area contributed by atoms with Crippen LogP contribution in [0.3, 0.4) is 0 Å². The number of aromatic nitrogens is 2. The zero-order valence-electron chi connectivity index (χ0n) is 18.6. The maximum absolute atomic E-state index is 14.3. The minimum Gasteiger partial charge on any atom is -0.491 e. The van der Waals surface area contributed by atoms with Gasteiger partial charge < -0.3 is 20.7 Å². The van der Waals surface area contributed by atoms with E-state index >= 15 is 0 Å². The fourth-order valence-corrected chi connectivity index (χ4v) is 3.37. The van der Waals surface area contributed by atoms with Gasteiger partial charge in [-0.1, -0.05) is 0 Å². The lowest BCUT2D eigenvalue weighted by atomic mass is 10.1. The lowest BCUT2D eigenvalue weighted by Crippen LogP contribution is -2.40. The molecule has 0 atom stereocenters. The van der Waals surface area contributed by atoms with Crippen LogP contribution in [-0.2, 0) is 11.3 Å². The third kappa shape index (κ3) is 5.47. The van der Waals surface area contributed by atoms with Gasteiger partial charge in [-0.25, -0.2) is 14.8 Å². The van der Waals surface area contributed by atoms with E-state index in [4.69, 9.17) is 4.74 Å². The summed E-state index contributed by atoms with van der Waals surface area (Å²) in [5.74, 6) is 0.405. The van der Waals surface area contributed by atoms with Gasteiger partial charge in [-0.05, 0) is 61.9 Å². The smallest absolute Gasteiger partial charge is 0.240 e. The van der Waals surface area contributed by atoms with E-state index in [0.29, 0.717) is 12.2 Å². The number of anilines is 5. The molecule has 3 aromatic rings. The van der Waals surface area contributed by atoms with E-state index in [-0.39, 0.29) is 30.3 Å². The highest BCUT2D eigenvalue weighted by Gasteiger charge is 2.21. The number of likely N-dealkylation sites (N-methyl/N-ethyl adjacent to an activating group) is 1. The van der Waals surface area contributed by atoms with E-state index < -0.39 is 5.82 Å². The summed E-state index contributed by atoms with van der Waals surface area (Å²) in [7, 11) is 1.61. The molecule has 33 heavy (non-hydrogen) atoms. The highest BCUT2D eigenvalue weighted by Crippen LogP contribution is 2.29. The first kappa shape index (κ1) is 22.3. The molecule has 2 heterocycles. The van der Waals surface area contributed by atoms with Crippen LogP contribution in [0.1, 0.15) is 19.4 Å². The Bertz CT molecular complexity index is 1140. The van der Waals surface area contributed by atoms with Crippen LogP contribution in [-0.4, -0.2) is 35.6 Å². The normalized spacial score (nSPS) is 12.5. The predicted molar refractivity (Wildman–Crippen MR) is 125 cm³/mol. The zero-order chi connectivity index (χ0) is 23.4. The highest BCUT2D eigenvalue weighted by molar-refractivity contribution is 5.82. The topological polar surface area (TPSA) is 103 Å². The number of hydrogen-bond donors (Lipinski definition) is 4. The number of rotatable bonds is 8. The second-order valence-electron chi connectivity index (χ2n) is 7.77. The van der Waals surface area contributed by atoms with Crippen LogP contribution in [0.4, 0.5) is 33.2 Å². The van der Waals surface area contributed by atoms with Crippen molar-refractivity contribution in [2.24, 2.45) is 0 Å². The van der Waals surface area contributed by atoms with Gasteiger partial charge in [0, 0.05) is 25.0 Å². The summed E-state index contributed by atoms with van der Waals surface area (Å²) in [6, 6.07) is 12.9. The van der Waals surface area contributed by atoms with Gasteiger partial charge in [0.1, 0.15) is 12.3 Å². The van der Waals surface area contributed by atoms with E-state index in [0.717, 1.165) is 28.9 Å². The van der Waals surface area contributed by atoms with E-state index in [9.17, 15) is 9.18 Å². The summed E-state index contributed by atoms with van der Waals surface area (Å²) >= 11 is 0. The van der Waals surface area contributed by atoms with Crippen molar-refractivity contribution in [3.05, 3.63) is 60.0 Å². The molecular weight excluding hydrogens is 425 g/mol. The highest BCUT2D eigenvalue weighted by atomic mass is 19.1. The van der Waals surface area contributed by atoms with Gasteiger partial charge in [-0.3, -0.25) is 9.80 Å². The zero-order valence-corrected chi connectivity index (χ0v) is 18.6. The molecule has 1 aliphatic heterocycles. The minimum absolute atomic E-state index is 0.0598. The average Bonchev–Trinajstić information content (AvgIpc) is 3.18. The standard InChI is InChI=1S/C23H26FN7O2/c1-14(2)33-18-7-4-16(5-8-18)28-22-19(24)12-26-23(30-22)29-17-6-9-20-15(10-17)11-27-31(20)13-21(32)25-3/h4-10,12,14,27H,11,13H2,1-3H3,(H,25,32)(H2,26,28,29,30). The molecule has 0 aliphatic carbocycles. The van der Waals surface area contributed by atoms with Crippen molar-refractivity contribution < 1.29 is 13.9 Å². The van der Waals surface area contributed by atoms with Crippen molar-refractivity contribution in [2.75, 3.05) is 29.2 Å². The SMILES string of the molecule is CNC(=O)CN1NCc2cc(Nc3ncc(F)c(Nc4ccc(OC(C)C)cc4)n3)ccc21. The molecule has 172 valence electrons. The molecule has 9 nitrogen and oxygen atoms in total. The molecule has 0 saturated heterocycles. The van der Waals surface area contributed by atoms with Gasteiger partial charge in [-0.2, -0.15) is 4.98 Å². The molecular formula is C23H26FN7O2. The number of carbonyl (C=O) groups is 1. The molecule has 1 aromatic heterocycles. The number of nitrogens with one attached hydrogen (secondary N) is 4. The number of ether oxygens (including phenoxy) is 1. The van der Waals surface area contributed by atoms with Crippen LogP contribution in [0.25, 0.3) is 0 Å². The molecule has 0 spiro atoms. The number of hydrogen-bond acceptors (Lipinski definition) is 8. The van der Waals surface area contributed by atoms with E-state index in [1.165, 1.54) is 0 Å². The van der Waals surface area contributed by atoms with Gasteiger partial charge >= 0.3 is 0 Å². The van der Waals surface area contributed by atoms with Crippen molar-refractivity contribution in [2.45, 2.75) is 26.5 Å². The number of hydrazine groups is 1. The molecule has 0 radical (unpaired) electrons. The largest absolute Gasteiger partial charge is 0.491 e. The van der Waals surface area contributed by atoms with Crippen LogP contribution in [0.5, 0.6) is 5.75 Å². The van der Waals surface area contributed by atoms with Crippen LogP contribution in [0.2, 0.25) is 0 Å². The molecule has 2 aromatic carbocycles. The molecule has 4 rings (SSSR count). The first-order chi connectivity index (χ1) is 15.9. The van der Waals surface area contributed by atoms with Crippen molar-refractivity contribution in [3.63, 3.8) is 0 Å². The van der Waals surface area contributed by atoms with Crippen molar-refractivity contribution >= 4 is 34.7 Å². The maximum Gasteiger partial charge on any atom is 0.240 e. The Morgan fingerprint density at radius 2 is 1.94 bits per heavy atom. The number of halogens is 1. The Labute approximate surface area is 191 Å². The number of fused-ring (bicyclic) bond motifs is 1. The van der Waals surface area contributed by atoms with Gasteiger partial charge in [0.05, 0.1) is 18.0 Å². The summed E-state index contributed by atoms with van der Waals surface area (Å²) in [6.07, 6.45) is 1.19. The molecule has 0 bridgehead atoms. The summed E-state index contributed by atoms with van der Waals surface area (Å²) < 4.78 is 19.9. The first-order valence-corrected chi connectivity index (χ1v) is 10.6. The Kier molecular flexibility index (Phi) is 6.55. The molecule has 1 amide bonds. The first-order valence-electron chi connectivity index (χ1n) is 10.6. The monoisotopic (exact) mass is 451 g/mol. The molecule has 0 unspecified atom stereocenters. The maximum atomic E-state index is 14.3. The van der Waals surface area contributed by atoms with Gasteiger partial charge in [0.25, 0.3) is 0 Å². The summed E-state index contributed by atoms with van der Waals surface area (Å²) in [6.45, 7) is 4.72. The molecule has 1 aliphatic rings. The van der Waals surface area contributed by atoms with E-state index in [1.807, 2.05) is 44.2 Å². The summed E-state index contributed by atoms with van der Waals surface area (Å²) in [4.78, 5) is 20.0. The van der Waals surface area contributed by atoms with Crippen molar-refractivity contribution in [1.82, 2.24) is 20.7 Å². The minimum atomic E-state index is -0.564. The van der Waals surface area contributed by atoms with E-state index in [2.05, 4.69) is 31.3 Å². The Balaban J connectivity index is 1.45. The van der Waals surface area contributed by atoms with Gasteiger partial charge in [0.2, 0.25) is 11.9 Å². The Morgan fingerprint density at radius 1 is 1.18 bits per heavy atom. The van der Waals surface area contributed by atoms with Gasteiger partial charge in [-0.15, -0.1) is 0 Å². The Hall–Kier alpha value is -3.92. The third-order valence-electron chi connectivity index (χ3n) is 4.90. The quantitative estimate of drug-likeness (QED) is 0.413. The van der Waals surface area contributed by atoms with Crippen LogP contribution >= 0.6 is 0 Å². The lowest BCUT2D eigenvalue weighted by Gasteiger charge is -2.18. The average molecular weight is 452 g/mol. The van der Waals surface area contributed by atoms with Crippen LogP contribution in [0.15, 0.2) is 48.7 Å².